The normalized spacial score (nSPS) is 12.4. The molecule has 0 aliphatic heterocycles. The topological polar surface area (TPSA) is 17.1 Å². The van der Waals surface area contributed by atoms with Crippen LogP contribution in [0.1, 0.15) is 5.56 Å². The van der Waals surface area contributed by atoms with Crippen molar-refractivity contribution in [3.8, 4) is 0 Å². The standard InChI is InChI=1S/C13H10F2OS/c14-11-4-1-3-10(7-11)9-17(16)13-6-2-5-12(15)8-13/h1-8H,9H2. The van der Waals surface area contributed by atoms with Crippen molar-refractivity contribution >= 4 is 10.8 Å². The van der Waals surface area contributed by atoms with Gasteiger partial charge >= 0.3 is 0 Å². The number of halogens is 2. The van der Waals surface area contributed by atoms with Crippen LogP contribution in [-0.2, 0) is 16.6 Å². The van der Waals surface area contributed by atoms with Gasteiger partial charge in [-0.2, -0.15) is 0 Å². The van der Waals surface area contributed by atoms with Gasteiger partial charge in [0.25, 0.3) is 0 Å². The number of benzene rings is 2. The average Bonchev–Trinajstić information content (AvgIpc) is 2.29. The maximum Gasteiger partial charge on any atom is 0.124 e. The lowest BCUT2D eigenvalue weighted by Crippen LogP contribution is -1.97. The van der Waals surface area contributed by atoms with E-state index in [1.54, 1.807) is 18.2 Å². The molecule has 0 aliphatic carbocycles. The first kappa shape index (κ1) is 11.9. The van der Waals surface area contributed by atoms with Gasteiger partial charge in [0.15, 0.2) is 0 Å². The van der Waals surface area contributed by atoms with Crippen molar-refractivity contribution in [3.63, 3.8) is 0 Å². The summed E-state index contributed by atoms with van der Waals surface area (Å²) in [7, 11) is -1.36. The summed E-state index contributed by atoms with van der Waals surface area (Å²) in [4.78, 5) is 0.411. The minimum Gasteiger partial charge on any atom is -0.254 e. The van der Waals surface area contributed by atoms with Crippen LogP contribution >= 0.6 is 0 Å². The predicted molar refractivity (Wildman–Crippen MR) is 62.9 cm³/mol. The monoisotopic (exact) mass is 252 g/mol. The zero-order valence-corrected chi connectivity index (χ0v) is 9.71. The third kappa shape index (κ3) is 3.20. The molecular weight excluding hydrogens is 242 g/mol. The number of rotatable bonds is 3. The van der Waals surface area contributed by atoms with Crippen LogP contribution in [0.2, 0.25) is 0 Å². The zero-order valence-electron chi connectivity index (χ0n) is 8.90. The van der Waals surface area contributed by atoms with Gasteiger partial charge < -0.3 is 0 Å². The largest absolute Gasteiger partial charge is 0.254 e. The summed E-state index contributed by atoms with van der Waals surface area (Å²) in [6.45, 7) is 0. The molecule has 0 N–H and O–H groups in total. The van der Waals surface area contributed by atoms with E-state index < -0.39 is 16.6 Å². The zero-order chi connectivity index (χ0) is 12.3. The molecule has 0 aromatic heterocycles. The van der Waals surface area contributed by atoms with Crippen LogP contribution in [0.3, 0.4) is 0 Å². The fourth-order valence-corrected chi connectivity index (χ4v) is 2.59. The molecule has 0 spiro atoms. The van der Waals surface area contributed by atoms with Crippen LogP contribution in [0.15, 0.2) is 53.4 Å². The Morgan fingerprint density at radius 1 is 0.941 bits per heavy atom. The van der Waals surface area contributed by atoms with Crippen LogP contribution in [-0.4, -0.2) is 4.21 Å². The van der Waals surface area contributed by atoms with E-state index in [1.165, 1.54) is 30.3 Å². The maximum absolute atomic E-state index is 12.9. The summed E-state index contributed by atoms with van der Waals surface area (Å²) in [6, 6.07) is 11.5. The predicted octanol–water partition coefficient (Wildman–Crippen LogP) is 3.27. The highest BCUT2D eigenvalue weighted by atomic mass is 32.2. The molecule has 4 heteroatoms. The Balaban J connectivity index is 2.17. The smallest absolute Gasteiger partial charge is 0.124 e. The highest BCUT2D eigenvalue weighted by Crippen LogP contribution is 2.14. The Morgan fingerprint density at radius 3 is 2.24 bits per heavy atom. The lowest BCUT2D eigenvalue weighted by atomic mass is 10.2. The van der Waals surface area contributed by atoms with Gasteiger partial charge in [0.1, 0.15) is 11.6 Å². The second kappa shape index (κ2) is 5.19. The Bertz CT molecular complexity index is 555. The molecule has 2 aromatic carbocycles. The second-order valence-electron chi connectivity index (χ2n) is 3.58. The fourth-order valence-electron chi connectivity index (χ4n) is 1.47. The van der Waals surface area contributed by atoms with Gasteiger partial charge in [-0.25, -0.2) is 8.78 Å². The Labute approximate surface area is 101 Å². The molecule has 17 heavy (non-hydrogen) atoms. The van der Waals surface area contributed by atoms with E-state index in [2.05, 4.69) is 0 Å². The molecule has 1 unspecified atom stereocenters. The SMILES string of the molecule is O=S(Cc1cccc(F)c1)c1cccc(F)c1. The van der Waals surface area contributed by atoms with Gasteiger partial charge in [0.2, 0.25) is 0 Å². The first-order valence-corrected chi connectivity index (χ1v) is 6.35. The molecule has 1 nitrogen and oxygen atoms in total. The summed E-state index contributed by atoms with van der Waals surface area (Å²) in [5.74, 6) is -0.602. The molecule has 2 aromatic rings. The minimum absolute atomic E-state index is 0.182. The number of hydrogen-bond acceptors (Lipinski definition) is 1. The molecule has 0 saturated heterocycles. The quantitative estimate of drug-likeness (QED) is 0.819. The van der Waals surface area contributed by atoms with Gasteiger partial charge in [-0.1, -0.05) is 18.2 Å². The van der Waals surface area contributed by atoms with Gasteiger partial charge in [0, 0.05) is 4.90 Å². The van der Waals surface area contributed by atoms with E-state index in [4.69, 9.17) is 0 Å². The molecule has 0 bridgehead atoms. The average molecular weight is 252 g/mol. The lowest BCUT2D eigenvalue weighted by Gasteiger charge is -2.03. The Hall–Kier alpha value is -1.55. The van der Waals surface area contributed by atoms with Crippen molar-refractivity contribution in [2.45, 2.75) is 10.6 Å². The summed E-state index contributed by atoms with van der Waals surface area (Å²) in [5, 5.41) is 0. The molecule has 0 fully saturated rings. The molecule has 0 saturated carbocycles. The molecular formula is C13H10F2OS. The van der Waals surface area contributed by atoms with Crippen LogP contribution < -0.4 is 0 Å². The van der Waals surface area contributed by atoms with Crippen molar-refractivity contribution in [2.24, 2.45) is 0 Å². The van der Waals surface area contributed by atoms with Crippen molar-refractivity contribution in [2.75, 3.05) is 0 Å². The maximum atomic E-state index is 12.9. The third-order valence-electron chi connectivity index (χ3n) is 2.25. The Kier molecular flexibility index (Phi) is 3.64. The first-order chi connectivity index (χ1) is 8.15. The lowest BCUT2D eigenvalue weighted by molar-refractivity contribution is 0.622. The first-order valence-electron chi connectivity index (χ1n) is 5.03. The molecule has 1 atom stereocenters. The van der Waals surface area contributed by atoms with Gasteiger partial charge in [0.05, 0.1) is 16.6 Å². The molecule has 2 rings (SSSR count). The third-order valence-corrected chi connectivity index (χ3v) is 3.62. The Morgan fingerprint density at radius 2 is 1.59 bits per heavy atom. The molecule has 88 valence electrons. The highest BCUT2D eigenvalue weighted by molar-refractivity contribution is 7.84. The second-order valence-corrected chi connectivity index (χ2v) is 5.03. The van der Waals surface area contributed by atoms with E-state index in [0.717, 1.165) is 0 Å². The van der Waals surface area contributed by atoms with Crippen molar-refractivity contribution in [1.82, 2.24) is 0 Å². The van der Waals surface area contributed by atoms with Gasteiger partial charge in [-0.05, 0) is 35.9 Å². The minimum atomic E-state index is -1.36. The van der Waals surface area contributed by atoms with Crippen molar-refractivity contribution in [1.29, 1.82) is 0 Å². The van der Waals surface area contributed by atoms with Crippen molar-refractivity contribution < 1.29 is 13.0 Å². The fraction of sp³-hybridized carbons (Fsp3) is 0.0769. The molecule has 0 aliphatic rings. The van der Waals surface area contributed by atoms with Gasteiger partial charge in [-0.15, -0.1) is 0 Å². The summed E-state index contributed by atoms with van der Waals surface area (Å²) >= 11 is 0. The summed E-state index contributed by atoms with van der Waals surface area (Å²) in [6.07, 6.45) is 0. The highest BCUT2D eigenvalue weighted by Gasteiger charge is 2.06. The molecule has 0 amide bonds. The van der Waals surface area contributed by atoms with E-state index in [-0.39, 0.29) is 11.6 Å². The van der Waals surface area contributed by atoms with Crippen LogP contribution in [0.5, 0.6) is 0 Å². The van der Waals surface area contributed by atoms with E-state index in [9.17, 15) is 13.0 Å². The summed E-state index contributed by atoms with van der Waals surface area (Å²) in [5.41, 5.74) is 0.632. The van der Waals surface area contributed by atoms with Crippen LogP contribution in [0, 0.1) is 11.6 Å². The van der Waals surface area contributed by atoms with E-state index in [0.29, 0.717) is 10.5 Å². The van der Waals surface area contributed by atoms with Gasteiger partial charge in [-0.3, -0.25) is 4.21 Å². The van der Waals surface area contributed by atoms with E-state index in [1.807, 2.05) is 0 Å². The van der Waals surface area contributed by atoms with Crippen LogP contribution in [0.25, 0.3) is 0 Å². The number of hydrogen-bond donors (Lipinski definition) is 0. The molecule has 0 heterocycles. The van der Waals surface area contributed by atoms with E-state index >= 15 is 0 Å². The van der Waals surface area contributed by atoms with Crippen molar-refractivity contribution in [3.05, 3.63) is 65.7 Å². The molecule has 0 radical (unpaired) electrons. The van der Waals surface area contributed by atoms with Crippen LogP contribution in [0.4, 0.5) is 8.78 Å². The summed E-state index contributed by atoms with van der Waals surface area (Å²) < 4.78 is 37.8.